The molecule has 0 aliphatic heterocycles. The Morgan fingerprint density at radius 2 is 2.06 bits per heavy atom. The summed E-state index contributed by atoms with van der Waals surface area (Å²) in [6.45, 7) is 4.34. The van der Waals surface area contributed by atoms with E-state index >= 15 is 0 Å². The number of aliphatic hydroxyl groups is 1. The molecule has 1 aliphatic carbocycles. The molecule has 0 atom stereocenters. The van der Waals surface area contributed by atoms with Gasteiger partial charge in [0.25, 0.3) is 0 Å². The summed E-state index contributed by atoms with van der Waals surface area (Å²) in [5, 5.41) is 10.8. The number of aryl methyl sites for hydroxylation is 3. The van der Waals surface area contributed by atoms with E-state index < -0.39 is 0 Å². The van der Waals surface area contributed by atoms with Crippen molar-refractivity contribution in [1.29, 1.82) is 0 Å². The molecule has 17 heavy (non-hydrogen) atoms. The fourth-order valence-corrected chi connectivity index (χ4v) is 3.07. The van der Waals surface area contributed by atoms with E-state index in [1.807, 2.05) is 0 Å². The van der Waals surface area contributed by atoms with Crippen LogP contribution in [0.3, 0.4) is 0 Å². The van der Waals surface area contributed by atoms with E-state index in [2.05, 4.69) is 26.0 Å². The van der Waals surface area contributed by atoms with Crippen LogP contribution in [0.4, 0.5) is 0 Å². The van der Waals surface area contributed by atoms with Gasteiger partial charge in [-0.15, -0.1) is 0 Å². The monoisotopic (exact) mass is 227 g/mol. The van der Waals surface area contributed by atoms with Crippen LogP contribution in [0.1, 0.15) is 34.4 Å². The Kier molecular flexibility index (Phi) is 2.40. The van der Waals surface area contributed by atoms with Gasteiger partial charge in [-0.05, 0) is 61.4 Å². The first-order valence-electron chi connectivity index (χ1n) is 6.23. The quantitative estimate of drug-likeness (QED) is 0.812. The third-order valence-electron chi connectivity index (χ3n) is 3.73. The lowest BCUT2D eigenvalue weighted by molar-refractivity contribution is 0.282. The molecule has 0 fully saturated rings. The summed E-state index contributed by atoms with van der Waals surface area (Å²) in [6, 6.07) is 4.30. The number of rotatable bonds is 1. The van der Waals surface area contributed by atoms with Crippen molar-refractivity contribution in [3.63, 3.8) is 0 Å². The highest BCUT2D eigenvalue weighted by atomic mass is 16.3. The average Bonchev–Trinajstić information content (AvgIpc) is 2.73. The van der Waals surface area contributed by atoms with Crippen molar-refractivity contribution in [2.45, 2.75) is 39.7 Å². The Balaban J connectivity index is 2.45. The Bertz CT molecular complexity index is 602. The van der Waals surface area contributed by atoms with Crippen molar-refractivity contribution < 1.29 is 5.11 Å². The minimum Gasteiger partial charge on any atom is -0.392 e. The predicted molar refractivity (Wildman–Crippen MR) is 69.2 cm³/mol. The second-order valence-corrected chi connectivity index (χ2v) is 5.00. The molecule has 0 radical (unpaired) electrons. The van der Waals surface area contributed by atoms with Gasteiger partial charge in [0.1, 0.15) is 0 Å². The fourth-order valence-electron chi connectivity index (χ4n) is 3.07. The highest BCUT2D eigenvalue weighted by molar-refractivity contribution is 5.87. The summed E-state index contributed by atoms with van der Waals surface area (Å²) < 4.78 is 0. The van der Waals surface area contributed by atoms with Crippen molar-refractivity contribution in [1.82, 2.24) is 4.98 Å². The zero-order chi connectivity index (χ0) is 12.0. The molecule has 0 saturated carbocycles. The summed E-state index contributed by atoms with van der Waals surface area (Å²) in [7, 11) is 0. The standard InChI is InChI=1S/C15H17NO/c1-9-6-10(2)15-12(8-17)11-4-3-5-13(11)16-14(15)7-9/h6-7,17H,3-5,8H2,1-2H3. The molecule has 2 aromatic rings. The zero-order valence-corrected chi connectivity index (χ0v) is 10.4. The molecule has 0 saturated heterocycles. The van der Waals surface area contributed by atoms with Crippen LogP contribution in [0.25, 0.3) is 10.9 Å². The minimum atomic E-state index is 0.130. The number of aromatic nitrogens is 1. The van der Waals surface area contributed by atoms with Gasteiger partial charge in [-0.1, -0.05) is 6.07 Å². The van der Waals surface area contributed by atoms with Gasteiger partial charge < -0.3 is 5.11 Å². The highest BCUT2D eigenvalue weighted by Gasteiger charge is 2.19. The molecule has 88 valence electrons. The maximum atomic E-state index is 9.67. The first kappa shape index (κ1) is 10.7. The van der Waals surface area contributed by atoms with Gasteiger partial charge in [-0.2, -0.15) is 0 Å². The molecule has 1 aromatic carbocycles. The summed E-state index contributed by atoms with van der Waals surface area (Å²) in [5.41, 5.74) is 7.13. The number of pyridine rings is 1. The lowest BCUT2D eigenvalue weighted by atomic mass is 9.97. The maximum Gasteiger partial charge on any atom is 0.0714 e. The van der Waals surface area contributed by atoms with Gasteiger partial charge in [0, 0.05) is 11.1 Å². The number of hydrogen-bond acceptors (Lipinski definition) is 2. The van der Waals surface area contributed by atoms with E-state index in [0.29, 0.717) is 0 Å². The number of fused-ring (bicyclic) bond motifs is 2. The Morgan fingerprint density at radius 1 is 1.24 bits per heavy atom. The first-order chi connectivity index (χ1) is 8.20. The van der Waals surface area contributed by atoms with Crippen LogP contribution in [0, 0.1) is 13.8 Å². The molecule has 0 unspecified atom stereocenters. The zero-order valence-electron chi connectivity index (χ0n) is 10.4. The van der Waals surface area contributed by atoms with Crippen LogP contribution in [0.15, 0.2) is 12.1 Å². The molecular formula is C15H17NO. The molecule has 2 nitrogen and oxygen atoms in total. The van der Waals surface area contributed by atoms with E-state index in [4.69, 9.17) is 4.98 Å². The summed E-state index contributed by atoms with van der Waals surface area (Å²) in [4.78, 5) is 4.77. The average molecular weight is 227 g/mol. The van der Waals surface area contributed by atoms with Crippen LogP contribution >= 0.6 is 0 Å². The van der Waals surface area contributed by atoms with Crippen LogP contribution in [-0.4, -0.2) is 10.1 Å². The number of benzene rings is 1. The van der Waals surface area contributed by atoms with E-state index in [9.17, 15) is 5.11 Å². The Morgan fingerprint density at radius 3 is 2.82 bits per heavy atom. The predicted octanol–water partition coefficient (Wildman–Crippen LogP) is 2.83. The molecule has 0 spiro atoms. The fraction of sp³-hybridized carbons (Fsp3) is 0.400. The molecular weight excluding hydrogens is 210 g/mol. The number of nitrogens with zero attached hydrogens (tertiary/aromatic N) is 1. The van der Waals surface area contributed by atoms with Crippen LogP contribution in [0.5, 0.6) is 0 Å². The molecule has 1 heterocycles. The molecule has 1 aromatic heterocycles. The normalized spacial score (nSPS) is 14.3. The second-order valence-electron chi connectivity index (χ2n) is 5.00. The highest BCUT2D eigenvalue weighted by Crippen LogP contribution is 2.32. The summed E-state index contributed by atoms with van der Waals surface area (Å²) in [6.07, 6.45) is 3.30. The molecule has 0 bridgehead atoms. The molecule has 1 N–H and O–H groups in total. The van der Waals surface area contributed by atoms with Crippen molar-refractivity contribution in [3.05, 3.63) is 40.1 Å². The van der Waals surface area contributed by atoms with E-state index in [1.165, 1.54) is 34.2 Å². The van der Waals surface area contributed by atoms with Crippen molar-refractivity contribution >= 4 is 10.9 Å². The third kappa shape index (κ3) is 1.55. The van der Waals surface area contributed by atoms with E-state index in [0.717, 1.165) is 23.9 Å². The van der Waals surface area contributed by atoms with Crippen LogP contribution < -0.4 is 0 Å². The van der Waals surface area contributed by atoms with E-state index in [-0.39, 0.29) is 6.61 Å². The molecule has 2 heteroatoms. The van der Waals surface area contributed by atoms with Crippen molar-refractivity contribution in [3.8, 4) is 0 Å². The first-order valence-corrected chi connectivity index (χ1v) is 6.23. The lowest BCUT2D eigenvalue weighted by Gasteiger charge is -2.13. The number of aliphatic hydroxyl groups excluding tert-OH is 1. The van der Waals surface area contributed by atoms with Gasteiger partial charge >= 0.3 is 0 Å². The third-order valence-corrected chi connectivity index (χ3v) is 3.73. The van der Waals surface area contributed by atoms with Gasteiger partial charge in [-0.3, -0.25) is 4.98 Å². The minimum absolute atomic E-state index is 0.130. The van der Waals surface area contributed by atoms with Crippen LogP contribution in [0.2, 0.25) is 0 Å². The lowest BCUT2D eigenvalue weighted by Crippen LogP contribution is -2.00. The van der Waals surface area contributed by atoms with Crippen molar-refractivity contribution in [2.75, 3.05) is 0 Å². The summed E-state index contributed by atoms with van der Waals surface area (Å²) >= 11 is 0. The van der Waals surface area contributed by atoms with Gasteiger partial charge in [-0.25, -0.2) is 0 Å². The Labute approximate surface area is 101 Å². The molecule has 3 rings (SSSR count). The molecule has 1 aliphatic rings. The van der Waals surface area contributed by atoms with Gasteiger partial charge in [0.2, 0.25) is 0 Å². The Hall–Kier alpha value is -1.41. The van der Waals surface area contributed by atoms with Crippen LogP contribution in [-0.2, 0) is 19.4 Å². The van der Waals surface area contributed by atoms with Crippen molar-refractivity contribution in [2.24, 2.45) is 0 Å². The summed E-state index contributed by atoms with van der Waals surface area (Å²) in [5.74, 6) is 0. The maximum absolute atomic E-state index is 9.67. The van der Waals surface area contributed by atoms with Gasteiger partial charge in [0.05, 0.1) is 12.1 Å². The van der Waals surface area contributed by atoms with Gasteiger partial charge in [0.15, 0.2) is 0 Å². The SMILES string of the molecule is Cc1cc(C)c2c(CO)c3c(nc2c1)CCC3. The van der Waals surface area contributed by atoms with E-state index in [1.54, 1.807) is 0 Å². The largest absolute Gasteiger partial charge is 0.392 e. The topological polar surface area (TPSA) is 33.1 Å². The smallest absolute Gasteiger partial charge is 0.0714 e. The molecule has 0 amide bonds. The second kappa shape index (κ2) is 3.81. The number of hydrogen-bond donors (Lipinski definition) is 1.